The van der Waals surface area contributed by atoms with Gasteiger partial charge < -0.3 is 14.8 Å². The normalized spacial score (nSPS) is 15.7. The lowest BCUT2D eigenvalue weighted by Crippen LogP contribution is -2.43. The average Bonchev–Trinajstić information content (AvgIpc) is 2.74. The van der Waals surface area contributed by atoms with E-state index in [0.29, 0.717) is 22.5 Å². The van der Waals surface area contributed by atoms with Crippen molar-refractivity contribution in [2.75, 3.05) is 17.3 Å². The molecule has 4 rings (SSSR count). The van der Waals surface area contributed by atoms with E-state index < -0.39 is 12.8 Å². The van der Waals surface area contributed by atoms with Crippen LogP contribution in [0.15, 0.2) is 67.0 Å². The van der Waals surface area contributed by atoms with E-state index in [1.54, 1.807) is 53.7 Å². The first-order chi connectivity index (χ1) is 14.1. The Labute approximate surface area is 165 Å². The van der Waals surface area contributed by atoms with Crippen molar-refractivity contribution in [1.29, 1.82) is 0 Å². The number of halogens is 2. The second kappa shape index (κ2) is 7.75. The number of nitrogens with zero attached hydrogens (tertiary/aromatic N) is 2. The standard InChI is InChI=1S/C21H17F2N3O3/c1-28-17-7-6-13(12-18(17)29-21(22)23)19-25-16-5-3-2-4-15(16)20(27)26(19)14-8-10-24-11-9-14/h2-12,19,21,25H,1H3. The molecule has 0 aliphatic carbocycles. The first-order valence-electron chi connectivity index (χ1n) is 8.80. The number of nitrogens with one attached hydrogen (secondary N) is 1. The summed E-state index contributed by atoms with van der Waals surface area (Å²) < 4.78 is 35.4. The number of amides is 1. The second-order valence-corrected chi connectivity index (χ2v) is 6.26. The quantitative estimate of drug-likeness (QED) is 0.689. The molecular formula is C21H17F2N3O3. The van der Waals surface area contributed by atoms with Gasteiger partial charge in [-0.1, -0.05) is 18.2 Å². The maximum absolute atomic E-state index is 13.3. The van der Waals surface area contributed by atoms with Gasteiger partial charge >= 0.3 is 6.61 Å². The zero-order valence-corrected chi connectivity index (χ0v) is 15.4. The lowest BCUT2D eigenvalue weighted by atomic mass is 10.0. The number of benzene rings is 2. The third-order valence-corrected chi connectivity index (χ3v) is 4.59. The molecule has 148 valence electrons. The summed E-state index contributed by atoms with van der Waals surface area (Å²) in [5.74, 6) is -0.155. The van der Waals surface area contributed by atoms with Crippen LogP contribution in [0.4, 0.5) is 20.2 Å². The molecule has 0 saturated heterocycles. The summed E-state index contributed by atoms with van der Waals surface area (Å²) in [7, 11) is 1.37. The smallest absolute Gasteiger partial charge is 0.387 e. The maximum Gasteiger partial charge on any atom is 0.387 e. The molecule has 1 amide bonds. The first kappa shape index (κ1) is 18.7. The lowest BCUT2D eigenvalue weighted by molar-refractivity contribution is -0.0512. The summed E-state index contributed by atoms with van der Waals surface area (Å²) in [6.07, 6.45) is 2.52. The zero-order chi connectivity index (χ0) is 20.4. The minimum absolute atomic E-state index is 0.109. The van der Waals surface area contributed by atoms with Crippen LogP contribution in [0.3, 0.4) is 0 Å². The molecule has 0 bridgehead atoms. The van der Waals surface area contributed by atoms with Gasteiger partial charge in [-0.25, -0.2) is 0 Å². The molecule has 0 spiro atoms. The predicted molar refractivity (Wildman–Crippen MR) is 103 cm³/mol. The van der Waals surface area contributed by atoms with Crippen LogP contribution >= 0.6 is 0 Å². The van der Waals surface area contributed by atoms with Crippen LogP contribution in [0.25, 0.3) is 0 Å². The Bertz CT molecular complexity index is 1030. The van der Waals surface area contributed by atoms with Crippen molar-refractivity contribution in [2.45, 2.75) is 12.8 Å². The Morgan fingerprint density at radius 2 is 1.83 bits per heavy atom. The van der Waals surface area contributed by atoms with Crippen molar-refractivity contribution in [1.82, 2.24) is 4.98 Å². The fraction of sp³-hybridized carbons (Fsp3) is 0.143. The third-order valence-electron chi connectivity index (χ3n) is 4.59. The van der Waals surface area contributed by atoms with Gasteiger partial charge in [-0.15, -0.1) is 0 Å². The van der Waals surface area contributed by atoms with Gasteiger partial charge in [-0.3, -0.25) is 14.7 Å². The highest BCUT2D eigenvalue weighted by Crippen LogP contribution is 2.39. The first-order valence-corrected chi connectivity index (χ1v) is 8.80. The molecule has 1 aromatic heterocycles. The van der Waals surface area contributed by atoms with Crippen LogP contribution in [0, 0.1) is 0 Å². The monoisotopic (exact) mass is 397 g/mol. The van der Waals surface area contributed by atoms with Gasteiger partial charge in [0, 0.05) is 23.8 Å². The maximum atomic E-state index is 13.3. The molecule has 2 aromatic carbocycles. The molecule has 29 heavy (non-hydrogen) atoms. The number of aromatic nitrogens is 1. The van der Waals surface area contributed by atoms with E-state index in [0.717, 1.165) is 0 Å². The fourth-order valence-corrected chi connectivity index (χ4v) is 3.31. The molecule has 8 heteroatoms. The number of methoxy groups -OCH3 is 1. The number of carbonyl (C=O) groups excluding carboxylic acids is 1. The third kappa shape index (κ3) is 3.56. The van der Waals surface area contributed by atoms with Gasteiger partial charge in [-0.05, 0) is 42.0 Å². The number of carbonyl (C=O) groups is 1. The molecule has 1 aliphatic heterocycles. The summed E-state index contributed by atoms with van der Waals surface area (Å²) in [6.45, 7) is -3.00. The Kier molecular flexibility index (Phi) is 4.99. The SMILES string of the molecule is COc1ccc(C2Nc3ccccc3C(=O)N2c2ccncc2)cc1OC(F)F. The number of fused-ring (bicyclic) bond motifs is 1. The van der Waals surface area contributed by atoms with Crippen LogP contribution in [0.1, 0.15) is 22.1 Å². The van der Waals surface area contributed by atoms with Crippen LogP contribution in [0.5, 0.6) is 11.5 Å². The summed E-state index contributed by atoms with van der Waals surface area (Å²) >= 11 is 0. The van der Waals surface area contributed by atoms with Gasteiger partial charge in [0.2, 0.25) is 0 Å². The van der Waals surface area contributed by atoms with Gasteiger partial charge in [0.15, 0.2) is 11.5 Å². The number of pyridine rings is 1. The Hall–Kier alpha value is -3.68. The Morgan fingerprint density at radius 1 is 1.07 bits per heavy atom. The molecule has 0 fully saturated rings. The molecule has 1 atom stereocenters. The molecule has 2 heterocycles. The Balaban J connectivity index is 1.83. The highest BCUT2D eigenvalue weighted by Gasteiger charge is 2.34. The lowest BCUT2D eigenvalue weighted by Gasteiger charge is -2.38. The van der Waals surface area contributed by atoms with E-state index in [2.05, 4.69) is 15.0 Å². The number of para-hydroxylation sites is 1. The second-order valence-electron chi connectivity index (χ2n) is 6.26. The largest absolute Gasteiger partial charge is 0.493 e. The van der Waals surface area contributed by atoms with Crippen LogP contribution in [0.2, 0.25) is 0 Å². The minimum atomic E-state index is -3.00. The molecule has 1 N–H and O–H groups in total. The minimum Gasteiger partial charge on any atom is -0.493 e. The molecule has 1 aliphatic rings. The van der Waals surface area contributed by atoms with E-state index in [9.17, 15) is 13.6 Å². The summed E-state index contributed by atoms with van der Waals surface area (Å²) in [5, 5.41) is 3.31. The number of hydrogen-bond acceptors (Lipinski definition) is 5. The van der Waals surface area contributed by atoms with Crippen molar-refractivity contribution >= 4 is 17.3 Å². The Morgan fingerprint density at radius 3 is 2.55 bits per heavy atom. The van der Waals surface area contributed by atoms with Crippen LogP contribution in [-0.4, -0.2) is 24.6 Å². The number of hydrogen-bond donors (Lipinski definition) is 1. The van der Waals surface area contributed by atoms with E-state index in [4.69, 9.17) is 4.74 Å². The highest BCUT2D eigenvalue weighted by molar-refractivity contribution is 6.12. The molecule has 0 radical (unpaired) electrons. The molecule has 1 unspecified atom stereocenters. The van der Waals surface area contributed by atoms with Crippen LogP contribution < -0.4 is 19.7 Å². The average molecular weight is 397 g/mol. The fourth-order valence-electron chi connectivity index (χ4n) is 3.31. The number of anilines is 2. The molecular weight excluding hydrogens is 380 g/mol. The van der Waals surface area contributed by atoms with Crippen molar-refractivity contribution in [3.8, 4) is 11.5 Å². The number of rotatable bonds is 5. The van der Waals surface area contributed by atoms with Gasteiger partial charge in [0.05, 0.1) is 12.7 Å². The van der Waals surface area contributed by atoms with Gasteiger partial charge in [0.25, 0.3) is 5.91 Å². The molecule has 0 saturated carbocycles. The van der Waals surface area contributed by atoms with Gasteiger partial charge in [0.1, 0.15) is 6.17 Å². The molecule has 3 aromatic rings. The molecule has 6 nitrogen and oxygen atoms in total. The van der Waals surface area contributed by atoms with Crippen molar-refractivity contribution < 1.29 is 23.0 Å². The van der Waals surface area contributed by atoms with Crippen molar-refractivity contribution in [3.63, 3.8) is 0 Å². The topological polar surface area (TPSA) is 63.7 Å². The summed E-state index contributed by atoms with van der Waals surface area (Å²) in [6, 6.07) is 15.2. The highest BCUT2D eigenvalue weighted by atomic mass is 19.3. The van der Waals surface area contributed by atoms with E-state index in [1.807, 2.05) is 6.07 Å². The number of alkyl halides is 2. The van der Waals surface area contributed by atoms with E-state index in [-0.39, 0.29) is 17.4 Å². The van der Waals surface area contributed by atoms with E-state index >= 15 is 0 Å². The van der Waals surface area contributed by atoms with Crippen molar-refractivity contribution in [3.05, 3.63) is 78.1 Å². The van der Waals surface area contributed by atoms with Crippen molar-refractivity contribution in [2.24, 2.45) is 0 Å². The summed E-state index contributed by atoms with van der Waals surface area (Å²) in [4.78, 5) is 18.8. The van der Waals surface area contributed by atoms with Crippen LogP contribution in [-0.2, 0) is 0 Å². The van der Waals surface area contributed by atoms with Gasteiger partial charge in [-0.2, -0.15) is 8.78 Å². The predicted octanol–water partition coefficient (Wildman–Crippen LogP) is 4.46. The summed E-state index contributed by atoms with van der Waals surface area (Å²) in [5.41, 5.74) is 2.34. The van der Waals surface area contributed by atoms with E-state index in [1.165, 1.54) is 19.2 Å². The number of ether oxygens (including phenoxy) is 2. The zero-order valence-electron chi connectivity index (χ0n) is 15.4.